The fourth-order valence-electron chi connectivity index (χ4n) is 2.26. The van der Waals surface area contributed by atoms with Crippen LogP contribution in [0.15, 0.2) is 42.7 Å². The van der Waals surface area contributed by atoms with Crippen LogP contribution in [0, 0.1) is 0 Å². The van der Waals surface area contributed by atoms with Crippen molar-refractivity contribution in [2.75, 3.05) is 13.6 Å². The number of carbonyl (C=O) groups is 1. The minimum Gasteiger partial charge on any atom is -0.348 e. The van der Waals surface area contributed by atoms with Crippen molar-refractivity contribution in [1.82, 2.24) is 20.4 Å². The van der Waals surface area contributed by atoms with E-state index in [-0.39, 0.29) is 24.4 Å². The lowest BCUT2D eigenvalue weighted by atomic mass is 10.0. The van der Waals surface area contributed by atoms with Gasteiger partial charge in [-0.1, -0.05) is 18.2 Å². The number of nitrogens with zero attached hydrogens (tertiary/aromatic N) is 2. The number of aromatic nitrogens is 2. The maximum atomic E-state index is 12.4. The van der Waals surface area contributed by atoms with E-state index in [4.69, 9.17) is 0 Å². The maximum absolute atomic E-state index is 12.4. The molecule has 0 saturated heterocycles. The molecule has 2 N–H and O–H groups in total. The smallest absolute Gasteiger partial charge is 0.251 e. The van der Waals surface area contributed by atoms with Gasteiger partial charge in [0.1, 0.15) is 0 Å². The Labute approximate surface area is 137 Å². The molecule has 1 aromatic carbocycles. The van der Waals surface area contributed by atoms with Crippen LogP contribution < -0.4 is 10.6 Å². The molecule has 2 rings (SSSR count). The van der Waals surface area contributed by atoms with E-state index < -0.39 is 0 Å². The van der Waals surface area contributed by atoms with E-state index in [9.17, 15) is 4.79 Å². The Balaban J connectivity index is 0.00000242. The number of amides is 1. The first-order chi connectivity index (χ1) is 10.2. The first kappa shape index (κ1) is 18.2. The molecule has 1 amide bonds. The number of rotatable bonds is 7. The Hall–Kier alpha value is -1.85. The van der Waals surface area contributed by atoms with Crippen LogP contribution in [-0.4, -0.2) is 35.3 Å². The number of carbonyl (C=O) groups excluding carboxylic acids is 1. The molecule has 120 valence electrons. The van der Waals surface area contributed by atoms with Crippen molar-refractivity contribution in [3.8, 4) is 0 Å². The summed E-state index contributed by atoms with van der Waals surface area (Å²) in [4.78, 5) is 12.4. The third-order valence-corrected chi connectivity index (χ3v) is 3.30. The summed E-state index contributed by atoms with van der Waals surface area (Å²) in [5.41, 5.74) is 1.82. The second-order valence-electron chi connectivity index (χ2n) is 5.11. The number of hydrogen-bond acceptors (Lipinski definition) is 3. The maximum Gasteiger partial charge on any atom is 0.251 e. The first-order valence-corrected chi connectivity index (χ1v) is 7.21. The molecule has 0 spiro atoms. The summed E-state index contributed by atoms with van der Waals surface area (Å²) < 4.78 is 1.82. The van der Waals surface area contributed by atoms with E-state index in [1.165, 1.54) is 0 Å². The van der Waals surface area contributed by atoms with Gasteiger partial charge in [-0.05, 0) is 44.6 Å². The molecule has 6 heteroatoms. The molecule has 0 aliphatic rings. The molecule has 0 saturated carbocycles. The zero-order valence-corrected chi connectivity index (χ0v) is 13.8. The monoisotopic (exact) mass is 322 g/mol. The van der Waals surface area contributed by atoms with Crippen molar-refractivity contribution in [1.29, 1.82) is 0 Å². The summed E-state index contributed by atoms with van der Waals surface area (Å²) >= 11 is 0. The Morgan fingerprint density at radius 1 is 1.32 bits per heavy atom. The molecule has 1 atom stereocenters. The predicted molar refractivity (Wildman–Crippen MR) is 90.5 cm³/mol. The molecule has 1 unspecified atom stereocenters. The Bertz CT molecular complexity index is 571. The topological polar surface area (TPSA) is 59.0 Å². The zero-order valence-electron chi connectivity index (χ0n) is 13.0. The molecular formula is C16H23ClN4O. The van der Waals surface area contributed by atoms with E-state index in [2.05, 4.69) is 15.7 Å². The van der Waals surface area contributed by atoms with Crippen molar-refractivity contribution in [2.45, 2.75) is 25.9 Å². The van der Waals surface area contributed by atoms with E-state index in [0.717, 1.165) is 24.1 Å². The van der Waals surface area contributed by atoms with Gasteiger partial charge in [0.25, 0.3) is 5.91 Å². The third kappa shape index (κ3) is 5.16. The van der Waals surface area contributed by atoms with Crippen LogP contribution in [0.4, 0.5) is 0 Å². The molecule has 5 nitrogen and oxygen atoms in total. The van der Waals surface area contributed by atoms with Gasteiger partial charge in [-0.3, -0.25) is 9.48 Å². The lowest BCUT2D eigenvalue weighted by Gasteiger charge is -2.16. The van der Waals surface area contributed by atoms with Gasteiger partial charge in [0.2, 0.25) is 0 Å². The SMILES string of the molecule is CNCCc1ccccc1C(=O)NC(C)Cn1cccn1.Cl. The number of hydrogen-bond donors (Lipinski definition) is 2. The van der Waals surface area contributed by atoms with Crippen LogP contribution in [0.5, 0.6) is 0 Å². The Morgan fingerprint density at radius 3 is 2.77 bits per heavy atom. The van der Waals surface area contributed by atoms with Gasteiger partial charge in [-0.2, -0.15) is 5.10 Å². The van der Waals surface area contributed by atoms with Gasteiger partial charge in [-0.25, -0.2) is 0 Å². The molecular weight excluding hydrogens is 300 g/mol. The summed E-state index contributed by atoms with van der Waals surface area (Å²) in [6.07, 6.45) is 4.47. The van der Waals surface area contributed by atoms with Gasteiger partial charge >= 0.3 is 0 Å². The van der Waals surface area contributed by atoms with Crippen LogP contribution >= 0.6 is 12.4 Å². The van der Waals surface area contributed by atoms with Gasteiger partial charge in [-0.15, -0.1) is 12.4 Å². The fraction of sp³-hybridized carbons (Fsp3) is 0.375. The van der Waals surface area contributed by atoms with E-state index >= 15 is 0 Å². The van der Waals surface area contributed by atoms with Crippen molar-refractivity contribution < 1.29 is 4.79 Å². The predicted octanol–water partition coefficient (Wildman–Crippen LogP) is 1.89. The van der Waals surface area contributed by atoms with E-state index in [1.807, 2.05) is 55.2 Å². The third-order valence-electron chi connectivity index (χ3n) is 3.30. The zero-order chi connectivity index (χ0) is 15.1. The number of nitrogens with one attached hydrogen (secondary N) is 2. The van der Waals surface area contributed by atoms with Crippen molar-refractivity contribution in [2.24, 2.45) is 0 Å². The summed E-state index contributed by atoms with van der Waals surface area (Å²) in [6, 6.07) is 9.65. The van der Waals surface area contributed by atoms with Crippen LogP contribution in [0.25, 0.3) is 0 Å². The second-order valence-corrected chi connectivity index (χ2v) is 5.11. The molecule has 0 radical (unpaired) electrons. The van der Waals surface area contributed by atoms with Crippen molar-refractivity contribution >= 4 is 18.3 Å². The van der Waals surface area contributed by atoms with E-state index in [0.29, 0.717) is 6.54 Å². The highest BCUT2D eigenvalue weighted by Crippen LogP contribution is 2.09. The van der Waals surface area contributed by atoms with E-state index in [1.54, 1.807) is 6.20 Å². The summed E-state index contributed by atoms with van der Waals surface area (Å²) in [5, 5.41) is 10.3. The second kappa shape index (κ2) is 9.23. The largest absolute Gasteiger partial charge is 0.348 e. The van der Waals surface area contributed by atoms with Crippen molar-refractivity contribution in [3.63, 3.8) is 0 Å². The van der Waals surface area contributed by atoms with Crippen molar-refractivity contribution in [3.05, 3.63) is 53.9 Å². The fourth-order valence-corrected chi connectivity index (χ4v) is 2.26. The first-order valence-electron chi connectivity index (χ1n) is 7.21. The molecule has 22 heavy (non-hydrogen) atoms. The molecule has 0 aliphatic carbocycles. The number of likely N-dealkylation sites (N-methyl/N-ethyl adjacent to an activating group) is 1. The Morgan fingerprint density at radius 2 is 2.09 bits per heavy atom. The molecule has 1 heterocycles. The minimum atomic E-state index is -0.0265. The quantitative estimate of drug-likeness (QED) is 0.818. The minimum absolute atomic E-state index is 0. The lowest BCUT2D eigenvalue weighted by molar-refractivity contribution is 0.0935. The summed E-state index contributed by atoms with van der Waals surface area (Å²) in [7, 11) is 1.91. The molecule has 0 fully saturated rings. The van der Waals surface area contributed by atoms with Gasteiger partial charge in [0.15, 0.2) is 0 Å². The number of halogens is 1. The van der Waals surface area contributed by atoms with Crippen LogP contribution in [0.3, 0.4) is 0 Å². The molecule has 0 aliphatic heterocycles. The lowest BCUT2D eigenvalue weighted by Crippen LogP contribution is -2.36. The van der Waals surface area contributed by atoms with Gasteiger partial charge < -0.3 is 10.6 Å². The molecule has 0 bridgehead atoms. The standard InChI is InChI=1S/C16H22N4O.ClH/c1-13(12-20-11-5-9-18-20)19-16(21)15-7-4-3-6-14(15)8-10-17-2;/h3-7,9,11,13,17H,8,10,12H2,1-2H3,(H,19,21);1H. The molecule has 2 aromatic rings. The van der Waals surface area contributed by atoms with Crippen LogP contribution in [-0.2, 0) is 13.0 Å². The normalized spacial score (nSPS) is 11.5. The average Bonchev–Trinajstić information content (AvgIpc) is 2.98. The van der Waals surface area contributed by atoms with Crippen LogP contribution in [0.1, 0.15) is 22.8 Å². The van der Waals surface area contributed by atoms with Gasteiger partial charge in [0.05, 0.1) is 6.54 Å². The summed E-state index contributed by atoms with van der Waals surface area (Å²) in [5.74, 6) is -0.0265. The number of benzene rings is 1. The average molecular weight is 323 g/mol. The summed E-state index contributed by atoms with van der Waals surface area (Å²) in [6.45, 7) is 3.50. The highest BCUT2D eigenvalue weighted by molar-refractivity contribution is 5.95. The highest BCUT2D eigenvalue weighted by atomic mass is 35.5. The molecule has 1 aromatic heterocycles. The highest BCUT2D eigenvalue weighted by Gasteiger charge is 2.13. The van der Waals surface area contributed by atoms with Gasteiger partial charge in [0, 0.05) is 24.0 Å². The van der Waals surface area contributed by atoms with Crippen LogP contribution in [0.2, 0.25) is 0 Å². The Kier molecular flexibility index (Phi) is 7.63.